The highest BCUT2D eigenvalue weighted by molar-refractivity contribution is 5.77. The van der Waals surface area contributed by atoms with E-state index in [1.165, 1.54) is 5.56 Å². The molecule has 0 aliphatic carbocycles. The van der Waals surface area contributed by atoms with E-state index in [2.05, 4.69) is 24.0 Å². The molecule has 1 heterocycles. The Labute approximate surface area is 132 Å². The van der Waals surface area contributed by atoms with E-state index in [9.17, 15) is 4.79 Å². The Bertz CT molecular complexity index is 552. The third-order valence-corrected chi connectivity index (χ3v) is 3.55. The van der Waals surface area contributed by atoms with Crippen LogP contribution in [0.25, 0.3) is 0 Å². The number of benzene rings is 1. The monoisotopic (exact) mass is 300 g/mol. The lowest BCUT2D eigenvalue weighted by Gasteiger charge is -2.24. The molecule has 118 valence electrons. The Morgan fingerprint density at radius 3 is 2.50 bits per heavy atom. The maximum atomic E-state index is 12.4. The molecular weight excluding hydrogens is 276 g/mol. The summed E-state index contributed by atoms with van der Waals surface area (Å²) in [6, 6.07) is 14.0. The van der Waals surface area contributed by atoms with Gasteiger partial charge in [0, 0.05) is 13.6 Å². The van der Waals surface area contributed by atoms with Crippen LogP contribution in [0.2, 0.25) is 0 Å². The average Bonchev–Trinajstić information content (AvgIpc) is 3.01. The quantitative estimate of drug-likeness (QED) is 0.751. The summed E-state index contributed by atoms with van der Waals surface area (Å²) in [6.45, 7) is 4.79. The maximum absolute atomic E-state index is 12.4. The van der Waals surface area contributed by atoms with E-state index < -0.39 is 0 Å². The van der Waals surface area contributed by atoms with E-state index in [4.69, 9.17) is 4.42 Å². The topological polar surface area (TPSA) is 36.7 Å². The van der Waals surface area contributed by atoms with E-state index in [1.54, 1.807) is 11.2 Å². The molecule has 0 atom stereocenters. The Morgan fingerprint density at radius 1 is 1.09 bits per heavy atom. The fourth-order valence-corrected chi connectivity index (χ4v) is 2.41. The molecule has 2 rings (SSSR count). The number of furan rings is 1. The van der Waals surface area contributed by atoms with Crippen LogP contribution in [0, 0.1) is 0 Å². The zero-order chi connectivity index (χ0) is 15.8. The van der Waals surface area contributed by atoms with Crippen molar-refractivity contribution in [3.63, 3.8) is 0 Å². The van der Waals surface area contributed by atoms with Crippen molar-refractivity contribution in [3.8, 4) is 0 Å². The van der Waals surface area contributed by atoms with Gasteiger partial charge in [0.2, 0.25) is 5.91 Å². The number of carbonyl (C=O) groups excluding carboxylic acids is 1. The fourth-order valence-electron chi connectivity index (χ4n) is 2.41. The molecule has 0 fully saturated rings. The number of hydrogen-bond acceptors (Lipinski definition) is 3. The number of carbonyl (C=O) groups is 1. The molecule has 0 N–H and O–H groups in total. The van der Waals surface area contributed by atoms with Crippen LogP contribution in [-0.2, 0) is 17.9 Å². The molecule has 0 saturated heterocycles. The lowest BCUT2D eigenvalue weighted by atomic mass is 10.2. The Balaban J connectivity index is 1.90. The predicted octanol–water partition coefficient (Wildman–Crippen LogP) is 3.15. The molecule has 1 aromatic carbocycles. The summed E-state index contributed by atoms with van der Waals surface area (Å²) in [4.78, 5) is 16.3. The van der Waals surface area contributed by atoms with Crippen LogP contribution in [0.3, 0.4) is 0 Å². The predicted molar refractivity (Wildman–Crippen MR) is 87.2 cm³/mol. The van der Waals surface area contributed by atoms with Gasteiger partial charge in [-0.05, 0) is 30.7 Å². The van der Waals surface area contributed by atoms with E-state index in [0.29, 0.717) is 13.1 Å². The minimum absolute atomic E-state index is 0.112. The number of hydrogen-bond donors (Lipinski definition) is 0. The molecule has 0 bridgehead atoms. The molecule has 22 heavy (non-hydrogen) atoms. The second kappa shape index (κ2) is 8.39. The van der Waals surface area contributed by atoms with Crippen LogP contribution < -0.4 is 0 Å². The first kappa shape index (κ1) is 16.3. The van der Waals surface area contributed by atoms with Gasteiger partial charge in [-0.25, -0.2) is 0 Å². The molecule has 4 heteroatoms. The van der Waals surface area contributed by atoms with E-state index in [0.717, 1.165) is 25.3 Å². The molecule has 0 unspecified atom stereocenters. The van der Waals surface area contributed by atoms with Crippen LogP contribution in [0.1, 0.15) is 24.7 Å². The molecule has 0 spiro atoms. The molecule has 0 saturated carbocycles. The summed E-state index contributed by atoms with van der Waals surface area (Å²) < 4.78 is 5.29. The first-order valence-electron chi connectivity index (χ1n) is 7.71. The van der Waals surface area contributed by atoms with Gasteiger partial charge in [0.1, 0.15) is 5.76 Å². The molecule has 2 aromatic rings. The molecule has 0 aliphatic heterocycles. The average molecular weight is 300 g/mol. The Morgan fingerprint density at radius 2 is 1.86 bits per heavy atom. The molecule has 1 amide bonds. The zero-order valence-corrected chi connectivity index (χ0v) is 13.4. The van der Waals surface area contributed by atoms with E-state index in [-0.39, 0.29) is 5.91 Å². The van der Waals surface area contributed by atoms with Gasteiger partial charge in [-0.2, -0.15) is 0 Å². The van der Waals surface area contributed by atoms with Gasteiger partial charge in [0.15, 0.2) is 0 Å². The summed E-state index contributed by atoms with van der Waals surface area (Å²) in [6.07, 6.45) is 2.66. The molecular formula is C18H24N2O2. The second-order valence-corrected chi connectivity index (χ2v) is 5.53. The standard InChI is InChI=1S/C18H24N2O2/c1-3-11-20(13-16-8-5-4-6-9-16)15-18(21)19(2)14-17-10-7-12-22-17/h4-10,12H,3,11,13-15H2,1-2H3. The van der Waals surface area contributed by atoms with Gasteiger partial charge in [-0.3, -0.25) is 9.69 Å². The molecule has 1 aromatic heterocycles. The number of amides is 1. The third kappa shape index (κ3) is 5.04. The SMILES string of the molecule is CCCN(CC(=O)N(C)Cc1ccco1)Cc1ccccc1. The lowest BCUT2D eigenvalue weighted by molar-refractivity contribution is -0.132. The van der Waals surface area contributed by atoms with Crippen LogP contribution >= 0.6 is 0 Å². The first-order valence-corrected chi connectivity index (χ1v) is 7.71. The van der Waals surface area contributed by atoms with Gasteiger partial charge in [0.05, 0.1) is 19.4 Å². The highest BCUT2D eigenvalue weighted by Gasteiger charge is 2.15. The molecule has 0 aliphatic rings. The van der Waals surface area contributed by atoms with Gasteiger partial charge in [-0.1, -0.05) is 37.3 Å². The maximum Gasteiger partial charge on any atom is 0.236 e. The summed E-state index contributed by atoms with van der Waals surface area (Å²) in [5.41, 5.74) is 1.23. The van der Waals surface area contributed by atoms with E-state index in [1.807, 2.05) is 37.4 Å². The van der Waals surface area contributed by atoms with Crippen LogP contribution in [0.5, 0.6) is 0 Å². The first-order chi connectivity index (χ1) is 10.7. The van der Waals surface area contributed by atoms with Crippen molar-refractivity contribution in [2.75, 3.05) is 20.1 Å². The normalized spacial score (nSPS) is 10.9. The van der Waals surface area contributed by atoms with Gasteiger partial charge in [0.25, 0.3) is 0 Å². The second-order valence-electron chi connectivity index (χ2n) is 5.53. The van der Waals surface area contributed by atoms with E-state index >= 15 is 0 Å². The largest absolute Gasteiger partial charge is 0.467 e. The Hall–Kier alpha value is -2.07. The highest BCUT2D eigenvalue weighted by atomic mass is 16.3. The minimum Gasteiger partial charge on any atom is -0.467 e. The van der Waals surface area contributed by atoms with Crippen LogP contribution in [-0.4, -0.2) is 35.8 Å². The van der Waals surface area contributed by atoms with Crippen LogP contribution in [0.4, 0.5) is 0 Å². The van der Waals surface area contributed by atoms with Crippen molar-refractivity contribution in [2.24, 2.45) is 0 Å². The molecule has 0 radical (unpaired) electrons. The number of rotatable bonds is 8. The fraction of sp³-hybridized carbons (Fsp3) is 0.389. The highest BCUT2D eigenvalue weighted by Crippen LogP contribution is 2.08. The molecule has 4 nitrogen and oxygen atoms in total. The summed E-state index contributed by atoms with van der Waals surface area (Å²) >= 11 is 0. The number of nitrogens with zero attached hydrogens (tertiary/aromatic N) is 2. The minimum atomic E-state index is 0.112. The van der Waals surface area contributed by atoms with Gasteiger partial charge in [-0.15, -0.1) is 0 Å². The van der Waals surface area contributed by atoms with Crippen molar-refractivity contribution in [1.82, 2.24) is 9.80 Å². The summed E-state index contributed by atoms with van der Waals surface area (Å²) in [5, 5.41) is 0. The van der Waals surface area contributed by atoms with Crippen molar-refractivity contribution in [1.29, 1.82) is 0 Å². The van der Waals surface area contributed by atoms with Crippen molar-refractivity contribution in [2.45, 2.75) is 26.4 Å². The van der Waals surface area contributed by atoms with Crippen molar-refractivity contribution < 1.29 is 9.21 Å². The van der Waals surface area contributed by atoms with Gasteiger partial charge < -0.3 is 9.32 Å². The third-order valence-electron chi connectivity index (χ3n) is 3.55. The Kier molecular flexibility index (Phi) is 6.22. The van der Waals surface area contributed by atoms with Gasteiger partial charge >= 0.3 is 0 Å². The van der Waals surface area contributed by atoms with Crippen LogP contribution in [0.15, 0.2) is 53.1 Å². The number of likely N-dealkylation sites (N-methyl/N-ethyl adjacent to an activating group) is 1. The summed E-state index contributed by atoms with van der Waals surface area (Å²) in [7, 11) is 1.82. The zero-order valence-electron chi connectivity index (χ0n) is 13.4. The smallest absolute Gasteiger partial charge is 0.236 e. The van der Waals surface area contributed by atoms with Crippen molar-refractivity contribution in [3.05, 3.63) is 60.1 Å². The van der Waals surface area contributed by atoms with Crippen molar-refractivity contribution >= 4 is 5.91 Å². The lowest BCUT2D eigenvalue weighted by Crippen LogP contribution is -2.38. The summed E-state index contributed by atoms with van der Waals surface area (Å²) in [5.74, 6) is 0.918.